The Kier molecular flexibility index (Phi) is 6.75. The number of carbonyl (C=O) groups excluding carboxylic acids is 1. The Bertz CT molecular complexity index is 944. The van der Waals surface area contributed by atoms with Crippen molar-refractivity contribution in [2.45, 2.75) is 31.2 Å². The summed E-state index contributed by atoms with van der Waals surface area (Å²) < 4.78 is 5.91. The molecule has 1 fully saturated rings. The van der Waals surface area contributed by atoms with Crippen LogP contribution in [-0.2, 0) is 11.4 Å². The van der Waals surface area contributed by atoms with E-state index in [4.69, 9.17) is 4.74 Å². The predicted molar refractivity (Wildman–Crippen MR) is 124 cm³/mol. The van der Waals surface area contributed by atoms with E-state index in [1.165, 1.54) is 0 Å². The van der Waals surface area contributed by atoms with E-state index in [1.54, 1.807) is 0 Å². The molecule has 1 heterocycles. The normalized spacial score (nSPS) is 17.0. The van der Waals surface area contributed by atoms with Crippen LogP contribution in [0.2, 0.25) is 0 Å². The summed E-state index contributed by atoms with van der Waals surface area (Å²) in [5, 5.41) is 0.0680. The van der Waals surface area contributed by atoms with Gasteiger partial charge in [-0.15, -0.1) is 11.8 Å². The second-order valence-corrected chi connectivity index (χ2v) is 8.66. The molecule has 3 aromatic rings. The Morgan fingerprint density at radius 1 is 1.00 bits per heavy atom. The zero-order chi connectivity index (χ0) is 20.8. The third-order valence-corrected chi connectivity index (χ3v) is 6.76. The van der Waals surface area contributed by atoms with Crippen LogP contribution in [0.3, 0.4) is 0 Å². The average Bonchev–Trinajstić information content (AvgIpc) is 3.30. The molecule has 154 valence electrons. The van der Waals surface area contributed by atoms with Gasteiger partial charge in [-0.3, -0.25) is 4.79 Å². The summed E-state index contributed by atoms with van der Waals surface area (Å²) >= 11 is 1.84. The van der Waals surface area contributed by atoms with Crippen LogP contribution in [0, 0.1) is 0 Å². The van der Waals surface area contributed by atoms with Crippen LogP contribution in [-0.4, -0.2) is 23.1 Å². The number of nitrogens with zero attached hydrogens (tertiary/aromatic N) is 1. The fraction of sp³-hybridized carbons (Fsp3) is 0.269. The first-order valence-electron chi connectivity index (χ1n) is 10.5. The Labute approximate surface area is 183 Å². The van der Waals surface area contributed by atoms with Gasteiger partial charge in [0.2, 0.25) is 5.91 Å². The van der Waals surface area contributed by atoms with Gasteiger partial charge in [0.05, 0.1) is 5.92 Å². The molecule has 1 amide bonds. The first-order chi connectivity index (χ1) is 14.8. The molecule has 1 saturated heterocycles. The summed E-state index contributed by atoms with van der Waals surface area (Å²) in [6.07, 6.45) is 0.809. The summed E-state index contributed by atoms with van der Waals surface area (Å²) in [6, 6.07) is 28.5. The molecular formula is C26H27NO2S. The Hall–Kier alpha value is -2.72. The van der Waals surface area contributed by atoms with Gasteiger partial charge in [0.25, 0.3) is 0 Å². The zero-order valence-electron chi connectivity index (χ0n) is 17.2. The summed E-state index contributed by atoms with van der Waals surface area (Å²) in [5.41, 5.74) is 3.40. The minimum absolute atomic E-state index is 0.0680. The smallest absolute Gasteiger partial charge is 0.231 e. The molecule has 3 nitrogen and oxygen atoms in total. The lowest BCUT2D eigenvalue weighted by molar-refractivity contribution is -0.133. The van der Waals surface area contributed by atoms with Crippen molar-refractivity contribution in [3.63, 3.8) is 0 Å². The average molecular weight is 418 g/mol. The second kappa shape index (κ2) is 9.86. The fourth-order valence-corrected chi connectivity index (χ4v) is 5.14. The number of ether oxygens (including phenoxy) is 1. The van der Waals surface area contributed by atoms with Gasteiger partial charge >= 0.3 is 0 Å². The van der Waals surface area contributed by atoms with Gasteiger partial charge in [-0.25, -0.2) is 0 Å². The minimum atomic E-state index is -0.0825. The third-order valence-electron chi connectivity index (χ3n) is 5.50. The van der Waals surface area contributed by atoms with Crippen molar-refractivity contribution in [3.8, 4) is 5.75 Å². The molecule has 0 spiro atoms. The van der Waals surface area contributed by atoms with E-state index < -0.39 is 0 Å². The Morgan fingerprint density at radius 2 is 1.67 bits per heavy atom. The van der Waals surface area contributed by atoms with Crippen LogP contribution >= 0.6 is 11.8 Å². The molecule has 0 bridgehead atoms. The summed E-state index contributed by atoms with van der Waals surface area (Å²) in [6.45, 7) is 3.44. The molecule has 30 heavy (non-hydrogen) atoms. The van der Waals surface area contributed by atoms with E-state index >= 15 is 0 Å². The molecule has 0 saturated carbocycles. The number of amides is 1. The highest BCUT2D eigenvalue weighted by molar-refractivity contribution is 7.99. The third kappa shape index (κ3) is 4.71. The second-order valence-electron chi connectivity index (χ2n) is 7.47. The number of hydrogen-bond acceptors (Lipinski definition) is 3. The number of carbonyl (C=O) groups is 1. The van der Waals surface area contributed by atoms with Crippen molar-refractivity contribution in [1.29, 1.82) is 0 Å². The molecular weight excluding hydrogens is 390 g/mol. The SMILES string of the molecule is CC[C@@H](C(=O)N1CCS[C@H]1c1ccc(OCc2ccccc2)cc1)c1ccccc1. The quantitative estimate of drug-likeness (QED) is 0.470. The molecule has 0 radical (unpaired) electrons. The van der Waals surface area contributed by atoms with Crippen molar-refractivity contribution >= 4 is 17.7 Å². The summed E-state index contributed by atoms with van der Waals surface area (Å²) in [4.78, 5) is 15.4. The maximum absolute atomic E-state index is 13.4. The first-order valence-corrected chi connectivity index (χ1v) is 11.5. The number of hydrogen-bond donors (Lipinski definition) is 0. The van der Waals surface area contributed by atoms with E-state index in [0.29, 0.717) is 6.61 Å². The van der Waals surface area contributed by atoms with E-state index in [2.05, 4.69) is 43.3 Å². The highest BCUT2D eigenvalue weighted by atomic mass is 32.2. The molecule has 0 N–H and O–H groups in total. The predicted octanol–water partition coefficient (Wildman–Crippen LogP) is 6.03. The monoisotopic (exact) mass is 417 g/mol. The molecule has 0 aromatic heterocycles. The molecule has 4 rings (SSSR count). The van der Waals surface area contributed by atoms with Crippen molar-refractivity contribution in [2.75, 3.05) is 12.3 Å². The zero-order valence-corrected chi connectivity index (χ0v) is 18.1. The van der Waals surface area contributed by atoms with Crippen LogP contribution in [0.25, 0.3) is 0 Å². The van der Waals surface area contributed by atoms with Crippen molar-refractivity contribution in [1.82, 2.24) is 4.90 Å². The highest BCUT2D eigenvalue weighted by Gasteiger charge is 2.34. The van der Waals surface area contributed by atoms with Crippen molar-refractivity contribution in [2.24, 2.45) is 0 Å². The van der Waals surface area contributed by atoms with Crippen LogP contribution in [0.15, 0.2) is 84.9 Å². The standard InChI is InChI=1S/C26H27NO2S/c1-2-24(21-11-7-4-8-12-21)25(28)27-17-18-30-26(27)22-13-15-23(16-14-22)29-19-20-9-5-3-6-10-20/h3-16,24,26H,2,17-19H2,1H3/t24-,26+/m1/s1. The van der Waals surface area contributed by atoms with Gasteiger partial charge in [0.15, 0.2) is 0 Å². The molecule has 2 atom stereocenters. The van der Waals surface area contributed by atoms with Crippen molar-refractivity contribution in [3.05, 3.63) is 102 Å². The van der Waals surface area contributed by atoms with Gasteiger partial charge < -0.3 is 9.64 Å². The number of rotatable bonds is 7. The lowest BCUT2D eigenvalue weighted by atomic mass is 9.95. The van der Waals surface area contributed by atoms with Crippen LogP contribution in [0.5, 0.6) is 5.75 Å². The molecule has 1 aliphatic heterocycles. The molecule has 3 aromatic carbocycles. The van der Waals surface area contributed by atoms with Crippen LogP contribution < -0.4 is 4.74 Å². The Balaban J connectivity index is 1.44. The lowest BCUT2D eigenvalue weighted by Crippen LogP contribution is -2.34. The van der Waals surface area contributed by atoms with E-state index in [-0.39, 0.29) is 17.2 Å². The topological polar surface area (TPSA) is 29.5 Å². The van der Waals surface area contributed by atoms with E-state index in [0.717, 1.165) is 41.2 Å². The van der Waals surface area contributed by atoms with Gasteiger partial charge in [0.1, 0.15) is 17.7 Å². The van der Waals surface area contributed by atoms with Gasteiger partial charge in [-0.05, 0) is 35.2 Å². The summed E-state index contributed by atoms with van der Waals surface area (Å²) in [7, 11) is 0. The number of benzene rings is 3. The van der Waals surface area contributed by atoms with Crippen LogP contribution in [0.1, 0.15) is 41.3 Å². The minimum Gasteiger partial charge on any atom is -0.489 e. The maximum atomic E-state index is 13.4. The highest BCUT2D eigenvalue weighted by Crippen LogP contribution is 2.40. The maximum Gasteiger partial charge on any atom is 0.231 e. The van der Waals surface area contributed by atoms with Gasteiger partial charge in [0, 0.05) is 12.3 Å². The fourth-order valence-electron chi connectivity index (χ4n) is 3.88. The van der Waals surface area contributed by atoms with Gasteiger partial charge in [-0.2, -0.15) is 0 Å². The molecule has 0 aliphatic carbocycles. The van der Waals surface area contributed by atoms with Crippen LogP contribution in [0.4, 0.5) is 0 Å². The van der Waals surface area contributed by atoms with E-state index in [9.17, 15) is 4.79 Å². The summed E-state index contributed by atoms with van der Waals surface area (Å²) in [5.74, 6) is 1.96. The number of thioether (sulfide) groups is 1. The molecule has 4 heteroatoms. The lowest BCUT2D eigenvalue weighted by Gasteiger charge is -2.28. The molecule has 1 aliphatic rings. The Morgan fingerprint density at radius 3 is 2.33 bits per heavy atom. The van der Waals surface area contributed by atoms with E-state index in [1.807, 2.05) is 65.2 Å². The van der Waals surface area contributed by atoms with Crippen molar-refractivity contribution < 1.29 is 9.53 Å². The molecule has 0 unspecified atom stereocenters. The van der Waals surface area contributed by atoms with Gasteiger partial charge in [-0.1, -0.05) is 79.7 Å². The largest absolute Gasteiger partial charge is 0.489 e. The first kappa shape index (κ1) is 20.5.